The number of nitro benzene ring substituents is 1. The summed E-state index contributed by atoms with van der Waals surface area (Å²) in [7, 11) is 0. The van der Waals surface area contributed by atoms with Gasteiger partial charge in [-0.15, -0.1) is 0 Å². The zero-order valence-corrected chi connectivity index (χ0v) is 10.6. The van der Waals surface area contributed by atoms with Crippen LogP contribution in [0.1, 0.15) is 30.6 Å². The summed E-state index contributed by atoms with van der Waals surface area (Å²) in [6, 6.07) is 6.57. The third kappa shape index (κ3) is 2.97. The molecule has 6 nitrogen and oxygen atoms in total. The summed E-state index contributed by atoms with van der Waals surface area (Å²) in [5.41, 5.74) is 1.39. The molecule has 0 aliphatic rings. The fourth-order valence-electron chi connectivity index (χ4n) is 1.87. The number of aliphatic hydroxyl groups is 1. The number of aliphatic hydroxyl groups excluding tert-OH is 1. The second-order valence-corrected chi connectivity index (χ2v) is 4.28. The van der Waals surface area contributed by atoms with Gasteiger partial charge in [-0.1, -0.05) is 25.1 Å². The number of hydrogen-bond donors (Lipinski definition) is 1. The molecular weight excluding hydrogens is 246 g/mol. The smallest absolute Gasteiger partial charge is 0.274 e. The lowest BCUT2D eigenvalue weighted by Gasteiger charge is -2.04. The van der Waals surface area contributed by atoms with E-state index in [-0.39, 0.29) is 5.69 Å². The standard InChI is InChI=1S/C13H15N3O3/c1-2-13(17)11-7-14-15(9-11)8-10-5-3-4-6-12(10)16(18)19/h3-7,9,13,17H,2,8H2,1H3. The number of benzene rings is 1. The first-order chi connectivity index (χ1) is 9.11. The summed E-state index contributed by atoms with van der Waals surface area (Å²) in [5.74, 6) is 0. The summed E-state index contributed by atoms with van der Waals surface area (Å²) >= 11 is 0. The van der Waals surface area contributed by atoms with E-state index < -0.39 is 11.0 Å². The van der Waals surface area contributed by atoms with E-state index in [1.807, 2.05) is 6.92 Å². The van der Waals surface area contributed by atoms with Crippen LogP contribution in [0.25, 0.3) is 0 Å². The van der Waals surface area contributed by atoms with Crippen molar-refractivity contribution in [1.29, 1.82) is 0 Å². The predicted molar refractivity (Wildman–Crippen MR) is 69.7 cm³/mol. The maximum Gasteiger partial charge on any atom is 0.274 e. The Kier molecular flexibility index (Phi) is 3.91. The Morgan fingerprint density at radius 1 is 1.47 bits per heavy atom. The van der Waals surface area contributed by atoms with E-state index >= 15 is 0 Å². The number of hydrogen-bond acceptors (Lipinski definition) is 4. The quantitative estimate of drug-likeness (QED) is 0.661. The molecule has 0 aliphatic heterocycles. The Hall–Kier alpha value is -2.21. The fraction of sp³-hybridized carbons (Fsp3) is 0.308. The van der Waals surface area contributed by atoms with Gasteiger partial charge in [0.15, 0.2) is 0 Å². The van der Waals surface area contributed by atoms with E-state index in [1.165, 1.54) is 6.07 Å². The van der Waals surface area contributed by atoms with Gasteiger partial charge in [0.2, 0.25) is 0 Å². The maximum atomic E-state index is 10.9. The van der Waals surface area contributed by atoms with Crippen LogP contribution in [0, 0.1) is 10.1 Å². The molecule has 100 valence electrons. The number of nitro groups is 1. The molecule has 0 fully saturated rings. The van der Waals surface area contributed by atoms with E-state index in [0.717, 1.165) is 5.56 Å². The van der Waals surface area contributed by atoms with Crippen molar-refractivity contribution in [3.8, 4) is 0 Å². The highest BCUT2D eigenvalue weighted by Crippen LogP contribution is 2.20. The van der Waals surface area contributed by atoms with Crippen molar-refractivity contribution < 1.29 is 10.0 Å². The lowest BCUT2D eigenvalue weighted by molar-refractivity contribution is -0.385. The second kappa shape index (κ2) is 5.62. The summed E-state index contributed by atoms with van der Waals surface area (Å²) in [6.07, 6.45) is 3.37. The van der Waals surface area contributed by atoms with Crippen LogP contribution in [0.15, 0.2) is 36.7 Å². The molecule has 0 saturated carbocycles. The van der Waals surface area contributed by atoms with Gasteiger partial charge in [0.25, 0.3) is 5.69 Å². The molecule has 1 atom stereocenters. The van der Waals surface area contributed by atoms with E-state index in [1.54, 1.807) is 35.3 Å². The molecule has 1 aromatic heterocycles. The van der Waals surface area contributed by atoms with Crippen molar-refractivity contribution in [2.45, 2.75) is 26.0 Å². The van der Waals surface area contributed by atoms with Crippen LogP contribution in [0.3, 0.4) is 0 Å². The molecule has 0 aliphatic carbocycles. The average molecular weight is 261 g/mol. The Bertz CT molecular complexity index is 580. The van der Waals surface area contributed by atoms with Gasteiger partial charge in [-0.2, -0.15) is 5.10 Å². The normalized spacial score (nSPS) is 12.3. The van der Waals surface area contributed by atoms with Gasteiger partial charge in [0.05, 0.1) is 29.3 Å². The number of aromatic nitrogens is 2. The Morgan fingerprint density at radius 2 is 2.21 bits per heavy atom. The first kappa shape index (κ1) is 13.2. The van der Waals surface area contributed by atoms with Gasteiger partial charge in [0.1, 0.15) is 0 Å². The molecule has 0 amide bonds. The molecule has 0 spiro atoms. The summed E-state index contributed by atoms with van der Waals surface area (Å²) < 4.78 is 1.59. The van der Waals surface area contributed by atoms with Crippen LogP contribution in [-0.4, -0.2) is 19.8 Å². The molecule has 1 heterocycles. The Balaban J connectivity index is 2.22. The first-order valence-corrected chi connectivity index (χ1v) is 6.04. The predicted octanol–water partition coefficient (Wildman–Crippen LogP) is 2.28. The van der Waals surface area contributed by atoms with Gasteiger partial charge in [0, 0.05) is 17.8 Å². The lowest BCUT2D eigenvalue weighted by Crippen LogP contribution is -2.03. The summed E-state index contributed by atoms with van der Waals surface area (Å²) in [4.78, 5) is 10.5. The van der Waals surface area contributed by atoms with Crippen molar-refractivity contribution >= 4 is 5.69 Å². The van der Waals surface area contributed by atoms with E-state index in [9.17, 15) is 15.2 Å². The van der Waals surface area contributed by atoms with E-state index in [4.69, 9.17) is 0 Å². The topological polar surface area (TPSA) is 81.2 Å². The first-order valence-electron chi connectivity index (χ1n) is 6.04. The lowest BCUT2D eigenvalue weighted by atomic mass is 10.1. The molecule has 2 rings (SSSR count). The van der Waals surface area contributed by atoms with Crippen molar-refractivity contribution in [2.75, 3.05) is 0 Å². The van der Waals surface area contributed by atoms with Crippen LogP contribution >= 0.6 is 0 Å². The van der Waals surface area contributed by atoms with Gasteiger partial charge in [-0.25, -0.2) is 0 Å². The van der Waals surface area contributed by atoms with Crippen LogP contribution in [0.2, 0.25) is 0 Å². The summed E-state index contributed by atoms with van der Waals surface area (Å²) in [5, 5.41) is 24.7. The van der Waals surface area contributed by atoms with Gasteiger partial charge < -0.3 is 5.11 Å². The number of para-hydroxylation sites is 1. The van der Waals surface area contributed by atoms with E-state index in [0.29, 0.717) is 18.5 Å². The zero-order chi connectivity index (χ0) is 13.8. The Morgan fingerprint density at radius 3 is 2.89 bits per heavy atom. The fourth-order valence-corrected chi connectivity index (χ4v) is 1.87. The maximum absolute atomic E-state index is 10.9. The van der Waals surface area contributed by atoms with Crippen LogP contribution in [0.5, 0.6) is 0 Å². The second-order valence-electron chi connectivity index (χ2n) is 4.28. The minimum absolute atomic E-state index is 0.0792. The molecule has 19 heavy (non-hydrogen) atoms. The van der Waals surface area contributed by atoms with Gasteiger partial charge in [-0.3, -0.25) is 14.8 Å². The SMILES string of the molecule is CCC(O)c1cnn(Cc2ccccc2[N+](=O)[O-])c1. The molecule has 1 unspecified atom stereocenters. The highest BCUT2D eigenvalue weighted by atomic mass is 16.6. The molecule has 2 aromatic rings. The Labute approximate surface area is 110 Å². The monoisotopic (exact) mass is 261 g/mol. The average Bonchev–Trinajstić information content (AvgIpc) is 2.86. The zero-order valence-electron chi connectivity index (χ0n) is 10.6. The number of nitrogens with zero attached hydrogens (tertiary/aromatic N) is 3. The van der Waals surface area contributed by atoms with Crippen molar-refractivity contribution in [2.24, 2.45) is 0 Å². The third-order valence-corrected chi connectivity index (χ3v) is 2.95. The minimum Gasteiger partial charge on any atom is -0.388 e. The van der Waals surface area contributed by atoms with Crippen LogP contribution < -0.4 is 0 Å². The molecule has 1 aromatic carbocycles. The molecule has 0 bridgehead atoms. The molecular formula is C13H15N3O3. The van der Waals surface area contributed by atoms with Crippen molar-refractivity contribution in [1.82, 2.24) is 9.78 Å². The third-order valence-electron chi connectivity index (χ3n) is 2.95. The summed E-state index contributed by atoms with van der Waals surface area (Å²) in [6.45, 7) is 2.19. The van der Waals surface area contributed by atoms with Gasteiger partial charge in [-0.05, 0) is 6.42 Å². The largest absolute Gasteiger partial charge is 0.388 e. The van der Waals surface area contributed by atoms with Crippen LogP contribution in [-0.2, 0) is 6.54 Å². The van der Waals surface area contributed by atoms with Crippen LogP contribution in [0.4, 0.5) is 5.69 Å². The number of rotatable bonds is 5. The van der Waals surface area contributed by atoms with E-state index in [2.05, 4.69) is 5.10 Å². The highest BCUT2D eigenvalue weighted by Gasteiger charge is 2.14. The minimum atomic E-state index is -0.542. The van der Waals surface area contributed by atoms with Crippen molar-refractivity contribution in [3.05, 3.63) is 57.9 Å². The highest BCUT2D eigenvalue weighted by molar-refractivity contribution is 5.39. The molecule has 6 heteroatoms. The van der Waals surface area contributed by atoms with Gasteiger partial charge >= 0.3 is 0 Å². The molecule has 0 saturated heterocycles. The molecule has 0 radical (unpaired) electrons. The van der Waals surface area contributed by atoms with Crippen molar-refractivity contribution in [3.63, 3.8) is 0 Å². The molecule has 1 N–H and O–H groups in total.